The van der Waals surface area contributed by atoms with E-state index in [2.05, 4.69) is 0 Å². The van der Waals surface area contributed by atoms with Crippen molar-refractivity contribution in [1.82, 2.24) is 0 Å². The second-order valence-electron chi connectivity index (χ2n) is 3.93. The van der Waals surface area contributed by atoms with Crippen LogP contribution in [-0.2, 0) is 9.59 Å². The van der Waals surface area contributed by atoms with Crippen LogP contribution in [0.15, 0.2) is 0 Å². The van der Waals surface area contributed by atoms with Gasteiger partial charge in [-0.05, 0) is 19.3 Å². The molecule has 0 bridgehead atoms. The Bertz CT molecular complexity index is 220. The third kappa shape index (κ3) is 1.19. The Kier molecular flexibility index (Phi) is 1.99. The minimum absolute atomic E-state index is 0.111. The highest BCUT2D eigenvalue weighted by Crippen LogP contribution is 2.36. The third-order valence-electron chi connectivity index (χ3n) is 3.20. The quantitative estimate of drug-likeness (QED) is 0.549. The minimum atomic E-state index is 0.111. The molecule has 2 aliphatic rings. The number of hydrogen-bond acceptors (Lipinski definition) is 2. The molecule has 2 heteroatoms. The summed E-state index contributed by atoms with van der Waals surface area (Å²) in [6.07, 6.45) is 5.24. The van der Waals surface area contributed by atoms with Crippen LogP contribution in [0.2, 0.25) is 0 Å². The first-order chi connectivity index (χ1) is 5.79. The molecule has 12 heavy (non-hydrogen) atoms. The van der Waals surface area contributed by atoms with Crippen LogP contribution < -0.4 is 0 Å². The molecule has 2 rings (SSSR count). The van der Waals surface area contributed by atoms with E-state index in [0.717, 1.165) is 25.7 Å². The molecule has 0 aromatic carbocycles. The van der Waals surface area contributed by atoms with Crippen molar-refractivity contribution in [3.8, 4) is 0 Å². The van der Waals surface area contributed by atoms with Gasteiger partial charge in [-0.3, -0.25) is 9.59 Å². The zero-order valence-electron chi connectivity index (χ0n) is 7.21. The second-order valence-corrected chi connectivity index (χ2v) is 3.93. The summed E-state index contributed by atoms with van der Waals surface area (Å²) in [5.41, 5.74) is 0. The Morgan fingerprint density at radius 1 is 0.833 bits per heavy atom. The summed E-state index contributed by atoms with van der Waals surface area (Å²) < 4.78 is 0. The van der Waals surface area contributed by atoms with Gasteiger partial charge in [-0.1, -0.05) is 6.42 Å². The van der Waals surface area contributed by atoms with Crippen LogP contribution in [-0.4, -0.2) is 11.6 Å². The predicted molar refractivity (Wildman–Crippen MR) is 44.7 cm³/mol. The van der Waals surface area contributed by atoms with Crippen molar-refractivity contribution < 1.29 is 9.59 Å². The van der Waals surface area contributed by atoms with Gasteiger partial charge in [-0.25, -0.2) is 0 Å². The summed E-state index contributed by atoms with van der Waals surface area (Å²) in [4.78, 5) is 22.8. The van der Waals surface area contributed by atoms with Gasteiger partial charge in [0.25, 0.3) is 0 Å². The van der Waals surface area contributed by atoms with Crippen molar-refractivity contribution in [3.05, 3.63) is 0 Å². The van der Waals surface area contributed by atoms with E-state index in [9.17, 15) is 9.59 Å². The maximum absolute atomic E-state index is 11.5. The lowest BCUT2D eigenvalue weighted by Gasteiger charge is -2.11. The molecule has 0 aromatic rings. The third-order valence-corrected chi connectivity index (χ3v) is 3.20. The van der Waals surface area contributed by atoms with Crippen LogP contribution in [0.25, 0.3) is 0 Å². The van der Waals surface area contributed by atoms with Gasteiger partial charge in [0.15, 0.2) is 0 Å². The Labute approximate surface area is 72.3 Å². The van der Waals surface area contributed by atoms with Gasteiger partial charge in [-0.15, -0.1) is 0 Å². The smallest absolute Gasteiger partial charge is 0.136 e. The van der Waals surface area contributed by atoms with E-state index >= 15 is 0 Å². The highest BCUT2D eigenvalue weighted by atomic mass is 16.1. The topological polar surface area (TPSA) is 34.1 Å². The van der Waals surface area contributed by atoms with Crippen LogP contribution >= 0.6 is 0 Å². The van der Waals surface area contributed by atoms with Gasteiger partial charge in [-0.2, -0.15) is 0 Å². The van der Waals surface area contributed by atoms with E-state index in [1.807, 2.05) is 0 Å². The Balaban J connectivity index is 2.18. The van der Waals surface area contributed by atoms with Crippen molar-refractivity contribution >= 4 is 11.6 Å². The lowest BCUT2D eigenvalue weighted by molar-refractivity contribution is -0.127. The maximum Gasteiger partial charge on any atom is 0.136 e. The summed E-state index contributed by atoms with van der Waals surface area (Å²) in [6, 6.07) is 0. The van der Waals surface area contributed by atoms with E-state index in [1.165, 1.54) is 0 Å². The molecule has 2 aliphatic carbocycles. The molecule has 0 N–H and O–H groups in total. The highest BCUT2D eigenvalue weighted by molar-refractivity contribution is 5.93. The molecule has 0 aromatic heterocycles. The number of fused-ring (bicyclic) bond motifs is 1. The first-order valence-corrected chi connectivity index (χ1v) is 4.84. The van der Waals surface area contributed by atoms with Gasteiger partial charge in [0.2, 0.25) is 0 Å². The number of Topliss-reactive ketones (excluding diaryl/α,β-unsaturated/α-hetero) is 2. The molecule has 0 heterocycles. The summed E-state index contributed by atoms with van der Waals surface area (Å²) in [7, 11) is 0. The largest absolute Gasteiger partial charge is 0.299 e. The van der Waals surface area contributed by atoms with E-state index in [4.69, 9.17) is 0 Å². The molecule has 2 atom stereocenters. The first kappa shape index (κ1) is 7.96. The van der Waals surface area contributed by atoms with Gasteiger partial charge in [0, 0.05) is 24.7 Å². The number of ketones is 2. The van der Waals surface area contributed by atoms with Gasteiger partial charge in [0.1, 0.15) is 11.6 Å². The number of carbonyl (C=O) groups excluding carboxylic acids is 2. The van der Waals surface area contributed by atoms with Crippen molar-refractivity contribution in [3.63, 3.8) is 0 Å². The molecule has 2 fully saturated rings. The molecular weight excluding hydrogens is 152 g/mol. The van der Waals surface area contributed by atoms with Gasteiger partial charge in [0.05, 0.1) is 0 Å². The highest BCUT2D eigenvalue weighted by Gasteiger charge is 2.39. The fraction of sp³-hybridized carbons (Fsp3) is 0.800. The standard InChI is InChI=1S/C10H14O2/c11-9-4-2-1-3-7-8(9)5-6-10(7)12/h7-8H,1-6H2/t7-,8+/m0/s1. The number of rotatable bonds is 0. The molecular formula is C10H14O2. The van der Waals surface area contributed by atoms with Gasteiger partial charge >= 0.3 is 0 Å². The summed E-state index contributed by atoms with van der Waals surface area (Å²) >= 11 is 0. The molecule has 66 valence electrons. The predicted octanol–water partition coefficient (Wildman–Crippen LogP) is 1.72. The Hall–Kier alpha value is -0.660. The van der Waals surface area contributed by atoms with Crippen LogP contribution in [0.5, 0.6) is 0 Å². The number of carbonyl (C=O) groups is 2. The van der Waals surface area contributed by atoms with E-state index < -0.39 is 0 Å². The lowest BCUT2D eigenvalue weighted by Crippen LogP contribution is -2.19. The second kappa shape index (κ2) is 3.00. The first-order valence-electron chi connectivity index (χ1n) is 4.84. The zero-order valence-corrected chi connectivity index (χ0v) is 7.21. The molecule has 0 saturated heterocycles. The molecule has 2 nitrogen and oxygen atoms in total. The fourth-order valence-electron chi connectivity index (χ4n) is 2.51. The molecule has 0 spiro atoms. The Morgan fingerprint density at radius 3 is 2.33 bits per heavy atom. The average Bonchev–Trinajstić information content (AvgIpc) is 2.30. The van der Waals surface area contributed by atoms with Crippen molar-refractivity contribution in [1.29, 1.82) is 0 Å². The maximum atomic E-state index is 11.5. The SMILES string of the molecule is O=C1CC[C@H]2C(=O)CCCC[C@H]12. The van der Waals surface area contributed by atoms with E-state index in [0.29, 0.717) is 24.4 Å². The number of hydrogen-bond donors (Lipinski definition) is 0. The van der Waals surface area contributed by atoms with Crippen LogP contribution in [0.4, 0.5) is 0 Å². The molecule has 0 unspecified atom stereocenters. The van der Waals surface area contributed by atoms with Crippen molar-refractivity contribution in [2.45, 2.75) is 38.5 Å². The molecule has 0 aliphatic heterocycles. The lowest BCUT2D eigenvalue weighted by atomic mass is 9.90. The fourth-order valence-corrected chi connectivity index (χ4v) is 2.51. The Morgan fingerprint density at radius 2 is 1.50 bits per heavy atom. The summed E-state index contributed by atoms with van der Waals surface area (Å²) in [6.45, 7) is 0. The normalized spacial score (nSPS) is 36.3. The minimum Gasteiger partial charge on any atom is -0.299 e. The van der Waals surface area contributed by atoms with Crippen molar-refractivity contribution in [2.24, 2.45) is 11.8 Å². The summed E-state index contributed by atoms with van der Waals surface area (Å²) in [5, 5.41) is 0. The van der Waals surface area contributed by atoms with Crippen LogP contribution in [0.3, 0.4) is 0 Å². The molecule has 0 radical (unpaired) electrons. The molecule has 2 saturated carbocycles. The van der Waals surface area contributed by atoms with Crippen LogP contribution in [0.1, 0.15) is 38.5 Å². The molecule has 0 amide bonds. The zero-order chi connectivity index (χ0) is 8.55. The summed E-state index contributed by atoms with van der Waals surface area (Å²) in [5.74, 6) is 0.915. The van der Waals surface area contributed by atoms with Crippen LogP contribution in [0, 0.1) is 11.8 Å². The van der Waals surface area contributed by atoms with E-state index in [-0.39, 0.29) is 11.8 Å². The van der Waals surface area contributed by atoms with Gasteiger partial charge < -0.3 is 0 Å². The monoisotopic (exact) mass is 166 g/mol. The average molecular weight is 166 g/mol. The van der Waals surface area contributed by atoms with E-state index in [1.54, 1.807) is 0 Å². The van der Waals surface area contributed by atoms with Crippen molar-refractivity contribution in [2.75, 3.05) is 0 Å².